The van der Waals surface area contributed by atoms with E-state index in [9.17, 15) is 14.7 Å². The predicted octanol–water partition coefficient (Wildman–Crippen LogP) is 2.32. The molecule has 21 heavy (non-hydrogen) atoms. The molecule has 1 aromatic heterocycles. The van der Waals surface area contributed by atoms with Crippen LogP contribution in [0.5, 0.6) is 0 Å². The molecular weight excluding hydrogens is 290 g/mol. The van der Waals surface area contributed by atoms with E-state index in [2.05, 4.69) is 6.92 Å². The molecule has 2 unspecified atom stereocenters. The second-order valence-corrected chi connectivity index (χ2v) is 6.37. The van der Waals surface area contributed by atoms with Gasteiger partial charge in [0, 0.05) is 29.8 Å². The lowest BCUT2D eigenvalue weighted by Crippen LogP contribution is -2.46. The fourth-order valence-electron chi connectivity index (χ4n) is 2.76. The molecule has 1 aliphatic heterocycles. The van der Waals surface area contributed by atoms with Gasteiger partial charge in [-0.25, -0.2) is 0 Å². The molecule has 2 heterocycles. The number of hydrogen-bond donors (Lipinski definition) is 1. The van der Waals surface area contributed by atoms with E-state index in [0.29, 0.717) is 26.0 Å². The van der Waals surface area contributed by atoms with Gasteiger partial charge < -0.3 is 14.7 Å². The third-order valence-electron chi connectivity index (χ3n) is 3.88. The lowest BCUT2D eigenvalue weighted by atomic mass is 9.87. The topological polar surface area (TPSA) is 66.8 Å². The average molecular weight is 311 g/mol. The minimum absolute atomic E-state index is 0.0148. The van der Waals surface area contributed by atoms with Gasteiger partial charge in [-0.15, -0.1) is 11.3 Å². The summed E-state index contributed by atoms with van der Waals surface area (Å²) in [5, 5.41) is 9.50. The van der Waals surface area contributed by atoms with E-state index in [1.54, 1.807) is 23.3 Å². The number of likely N-dealkylation sites (tertiary alicyclic amines) is 1. The zero-order valence-corrected chi connectivity index (χ0v) is 13.2. The van der Waals surface area contributed by atoms with Crippen LogP contribution in [0.2, 0.25) is 0 Å². The third-order valence-corrected chi connectivity index (χ3v) is 5.18. The summed E-state index contributed by atoms with van der Waals surface area (Å²) in [5.74, 6) is -1.36. The first kappa shape index (κ1) is 16.0. The van der Waals surface area contributed by atoms with Crippen LogP contribution in [0.1, 0.15) is 35.6 Å². The van der Waals surface area contributed by atoms with Crippen molar-refractivity contribution in [1.29, 1.82) is 0 Å². The van der Waals surface area contributed by atoms with Crippen LogP contribution in [0.3, 0.4) is 0 Å². The highest BCUT2D eigenvalue weighted by atomic mass is 32.1. The maximum Gasteiger partial charge on any atom is 0.308 e. The zero-order valence-electron chi connectivity index (χ0n) is 12.4. The van der Waals surface area contributed by atoms with Crippen molar-refractivity contribution in [3.05, 3.63) is 21.9 Å². The van der Waals surface area contributed by atoms with Gasteiger partial charge in [0.2, 0.25) is 5.91 Å². The van der Waals surface area contributed by atoms with Crippen LogP contribution in [0.4, 0.5) is 0 Å². The highest BCUT2D eigenvalue weighted by Gasteiger charge is 2.41. The van der Waals surface area contributed by atoms with Crippen LogP contribution in [0.25, 0.3) is 0 Å². The van der Waals surface area contributed by atoms with Crippen molar-refractivity contribution in [3.8, 4) is 0 Å². The zero-order chi connectivity index (χ0) is 15.4. The summed E-state index contributed by atoms with van der Waals surface area (Å²) < 4.78 is 5.06. The maximum absolute atomic E-state index is 12.2. The number of hydrogen-bond acceptors (Lipinski definition) is 4. The molecule has 0 radical (unpaired) electrons. The van der Waals surface area contributed by atoms with Crippen molar-refractivity contribution in [3.63, 3.8) is 0 Å². The fraction of sp³-hybridized carbons (Fsp3) is 0.600. The Balaban J connectivity index is 2.33. The van der Waals surface area contributed by atoms with Gasteiger partial charge >= 0.3 is 5.97 Å². The number of piperidine rings is 1. The Kier molecular flexibility index (Phi) is 5.36. The van der Waals surface area contributed by atoms with Crippen LogP contribution in [-0.2, 0) is 20.7 Å². The molecule has 1 aliphatic rings. The second-order valence-electron chi connectivity index (χ2n) is 5.17. The van der Waals surface area contributed by atoms with E-state index in [1.807, 2.05) is 12.1 Å². The Bertz CT molecular complexity index is 514. The number of aliphatic carboxylic acids is 1. The molecule has 2 rings (SSSR count). The Morgan fingerprint density at radius 2 is 2.29 bits per heavy atom. The first-order chi connectivity index (χ1) is 10.1. The molecule has 5 nitrogen and oxygen atoms in total. The third kappa shape index (κ3) is 3.44. The van der Waals surface area contributed by atoms with E-state index < -0.39 is 11.9 Å². The first-order valence-electron chi connectivity index (χ1n) is 7.18. The number of carbonyl (C=O) groups is 2. The van der Waals surface area contributed by atoms with Crippen LogP contribution in [-0.4, -0.2) is 42.1 Å². The summed E-state index contributed by atoms with van der Waals surface area (Å²) in [5.41, 5.74) is 0. The normalized spacial score (nSPS) is 22.6. The molecule has 1 aromatic rings. The standard InChI is InChI=1S/C15H21NO4S/c1-3-10-4-6-12(21-10)14-11(15(18)19)5-7-13(17)16(14)8-9-20-2/h4,6,11,14H,3,5,7-9H2,1-2H3,(H,18,19). The predicted molar refractivity (Wildman–Crippen MR) is 80.4 cm³/mol. The minimum Gasteiger partial charge on any atom is -0.481 e. The van der Waals surface area contributed by atoms with E-state index >= 15 is 0 Å². The second kappa shape index (κ2) is 7.04. The minimum atomic E-state index is -0.832. The highest BCUT2D eigenvalue weighted by Crippen LogP contribution is 2.39. The number of carbonyl (C=O) groups excluding carboxylic acids is 1. The number of ether oxygens (including phenoxy) is 1. The molecule has 0 spiro atoms. The highest BCUT2D eigenvalue weighted by molar-refractivity contribution is 7.12. The lowest BCUT2D eigenvalue weighted by Gasteiger charge is -2.38. The maximum atomic E-state index is 12.2. The molecule has 116 valence electrons. The van der Waals surface area contributed by atoms with E-state index in [1.165, 1.54) is 4.88 Å². The molecule has 0 bridgehead atoms. The summed E-state index contributed by atoms with van der Waals surface area (Å²) >= 11 is 1.60. The van der Waals surface area contributed by atoms with Gasteiger partial charge in [0.05, 0.1) is 18.6 Å². The summed E-state index contributed by atoms with van der Waals surface area (Å²) in [6, 6.07) is 3.61. The van der Waals surface area contributed by atoms with Gasteiger partial charge in [0.25, 0.3) is 0 Å². The van der Waals surface area contributed by atoms with Crippen LogP contribution < -0.4 is 0 Å². The van der Waals surface area contributed by atoms with Crippen molar-refractivity contribution in [2.45, 2.75) is 32.2 Å². The molecule has 1 fully saturated rings. The Labute approximate surface area is 128 Å². The Hall–Kier alpha value is -1.40. The largest absolute Gasteiger partial charge is 0.481 e. The van der Waals surface area contributed by atoms with Crippen molar-refractivity contribution < 1.29 is 19.4 Å². The van der Waals surface area contributed by atoms with Gasteiger partial charge in [0.1, 0.15) is 0 Å². The quantitative estimate of drug-likeness (QED) is 0.875. The number of rotatable bonds is 6. The average Bonchev–Trinajstić information content (AvgIpc) is 2.93. The molecule has 6 heteroatoms. The van der Waals surface area contributed by atoms with Gasteiger partial charge in [-0.2, -0.15) is 0 Å². The summed E-state index contributed by atoms with van der Waals surface area (Å²) in [7, 11) is 1.58. The van der Waals surface area contributed by atoms with Crippen molar-refractivity contribution >= 4 is 23.2 Å². The molecule has 1 N–H and O–H groups in total. The number of methoxy groups -OCH3 is 1. The van der Waals surface area contributed by atoms with E-state index in [0.717, 1.165) is 11.3 Å². The number of carboxylic acid groups (broad SMARTS) is 1. The smallest absolute Gasteiger partial charge is 0.308 e. The molecule has 0 aliphatic carbocycles. The monoisotopic (exact) mass is 311 g/mol. The van der Waals surface area contributed by atoms with Gasteiger partial charge in [-0.1, -0.05) is 6.92 Å². The SMILES string of the molecule is CCc1ccc(C2C(C(=O)O)CCC(=O)N2CCOC)s1. The number of thiophene rings is 1. The lowest BCUT2D eigenvalue weighted by molar-refractivity contribution is -0.152. The van der Waals surface area contributed by atoms with Gasteiger partial charge in [0.15, 0.2) is 0 Å². The van der Waals surface area contributed by atoms with Crippen LogP contribution in [0.15, 0.2) is 12.1 Å². The summed E-state index contributed by atoms with van der Waals surface area (Å²) in [6.45, 7) is 2.92. The summed E-state index contributed by atoms with van der Waals surface area (Å²) in [6.07, 6.45) is 1.62. The molecular formula is C15H21NO4S. The van der Waals surface area contributed by atoms with Crippen LogP contribution >= 0.6 is 11.3 Å². The van der Waals surface area contributed by atoms with E-state index in [4.69, 9.17) is 4.74 Å². The van der Waals surface area contributed by atoms with Crippen molar-refractivity contribution in [1.82, 2.24) is 4.90 Å². The molecule has 2 atom stereocenters. The Morgan fingerprint density at radius 1 is 1.52 bits per heavy atom. The number of aryl methyl sites for hydroxylation is 1. The number of nitrogens with zero attached hydrogens (tertiary/aromatic N) is 1. The molecule has 1 amide bonds. The van der Waals surface area contributed by atoms with Crippen LogP contribution in [0, 0.1) is 5.92 Å². The summed E-state index contributed by atoms with van der Waals surface area (Å²) in [4.78, 5) is 27.6. The van der Waals surface area contributed by atoms with Crippen molar-refractivity contribution in [2.75, 3.05) is 20.3 Å². The fourth-order valence-corrected chi connectivity index (χ4v) is 3.89. The molecule has 1 saturated heterocycles. The Morgan fingerprint density at radius 3 is 2.86 bits per heavy atom. The van der Waals surface area contributed by atoms with Gasteiger partial charge in [-0.3, -0.25) is 9.59 Å². The van der Waals surface area contributed by atoms with E-state index in [-0.39, 0.29) is 11.9 Å². The van der Waals surface area contributed by atoms with Gasteiger partial charge in [-0.05, 0) is 25.0 Å². The molecule has 0 aromatic carbocycles. The molecule has 0 saturated carbocycles. The number of amides is 1. The first-order valence-corrected chi connectivity index (χ1v) is 8.00. The number of carboxylic acids is 1. The van der Waals surface area contributed by atoms with Crippen molar-refractivity contribution in [2.24, 2.45) is 5.92 Å².